The molecule has 4 nitrogen and oxygen atoms in total. The number of rotatable bonds is 5. The summed E-state index contributed by atoms with van der Waals surface area (Å²) in [6.45, 7) is -1.28. The lowest BCUT2D eigenvalue weighted by Gasteiger charge is -2.07. The Hall–Kier alpha value is -1.15. The van der Waals surface area contributed by atoms with E-state index in [4.69, 9.17) is 0 Å². The van der Waals surface area contributed by atoms with Crippen molar-refractivity contribution in [2.75, 3.05) is 13.1 Å². The van der Waals surface area contributed by atoms with E-state index in [9.17, 15) is 18.0 Å². The van der Waals surface area contributed by atoms with Crippen LogP contribution in [0.4, 0.5) is 13.2 Å². The van der Waals surface area contributed by atoms with Crippen molar-refractivity contribution in [1.82, 2.24) is 15.6 Å². The molecule has 0 bridgehead atoms. The van der Waals surface area contributed by atoms with E-state index in [1.807, 2.05) is 5.32 Å². The van der Waals surface area contributed by atoms with Crippen LogP contribution < -0.4 is 10.6 Å². The SMILES string of the molecule is O=C(CNCC(F)(F)F)NCc1nccs1. The maximum absolute atomic E-state index is 11.7. The minimum atomic E-state index is -4.30. The molecule has 2 N–H and O–H groups in total. The molecule has 1 amide bonds. The molecule has 90 valence electrons. The molecule has 0 aliphatic heterocycles. The second-order valence-corrected chi connectivity index (χ2v) is 3.90. The molecule has 0 aromatic carbocycles. The maximum atomic E-state index is 11.7. The van der Waals surface area contributed by atoms with Crippen molar-refractivity contribution >= 4 is 17.2 Å². The van der Waals surface area contributed by atoms with Gasteiger partial charge in [-0.1, -0.05) is 0 Å². The van der Waals surface area contributed by atoms with Gasteiger partial charge in [-0.15, -0.1) is 11.3 Å². The minimum absolute atomic E-state index is 0.240. The number of carbonyl (C=O) groups excluding carboxylic acids is 1. The topological polar surface area (TPSA) is 54.0 Å². The number of hydrogen-bond acceptors (Lipinski definition) is 4. The Kier molecular flexibility index (Phi) is 4.69. The van der Waals surface area contributed by atoms with Gasteiger partial charge in [-0.3, -0.25) is 4.79 Å². The number of alkyl halides is 3. The fraction of sp³-hybridized carbons (Fsp3) is 0.500. The molecular weight excluding hydrogens is 243 g/mol. The van der Waals surface area contributed by atoms with Gasteiger partial charge in [0.1, 0.15) is 5.01 Å². The monoisotopic (exact) mass is 253 g/mol. The molecule has 0 fully saturated rings. The number of thiazole rings is 1. The van der Waals surface area contributed by atoms with Crippen LogP contribution in [-0.4, -0.2) is 30.2 Å². The number of halogens is 3. The van der Waals surface area contributed by atoms with Crippen LogP contribution in [0.2, 0.25) is 0 Å². The number of hydrogen-bond donors (Lipinski definition) is 2. The molecular formula is C8H10F3N3OS. The number of nitrogens with zero attached hydrogens (tertiary/aromatic N) is 1. The van der Waals surface area contributed by atoms with Gasteiger partial charge in [-0.2, -0.15) is 13.2 Å². The van der Waals surface area contributed by atoms with Crippen LogP contribution >= 0.6 is 11.3 Å². The first-order chi connectivity index (χ1) is 7.47. The lowest BCUT2D eigenvalue weighted by atomic mass is 10.5. The minimum Gasteiger partial charge on any atom is -0.348 e. The number of nitrogens with one attached hydrogen (secondary N) is 2. The Morgan fingerprint density at radius 3 is 2.81 bits per heavy atom. The van der Waals surface area contributed by atoms with Crippen molar-refractivity contribution in [3.8, 4) is 0 Å². The van der Waals surface area contributed by atoms with E-state index in [1.165, 1.54) is 11.3 Å². The van der Waals surface area contributed by atoms with Gasteiger partial charge in [0.25, 0.3) is 0 Å². The lowest BCUT2D eigenvalue weighted by molar-refractivity contribution is -0.128. The summed E-state index contributed by atoms with van der Waals surface area (Å²) in [5, 5.41) is 6.92. The van der Waals surface area contributed by atoms with Gasteiger partial charge in [0.05, 0.1) is 19.6 Å². The van der Waals surface area contributed by atoms with Crippen LogP contribution in [0.3, 0.4) is 0 Å². The highest BCUT2D eigenvalue weighted by molar-refractivity contribution is 7.09. The van der Waals surface area contributed by atoms with Crippen LogP contribution in [0, 0.1) is 0 Å². The summed E-state index contributed by atoms with van der Waals surface area (Å²) >= 11 is 1.37. The highest BCUT2D eigenvalue weighted by Gasteiger charge is 2.26. The average Bonchev–Trinajstić information content (AvgIpc) is 2.65. The highest BCUT2D eigenvalue weighted by atomic mass is 32.1. The molecule has 16 heavy (non-hydrogen) atoms. The van der Waals surface area contributed by atoms with Crippen LogP contribution in [0.5, 0.6) is 0 Å². The van der Waals surface area contributed by atoms with Crippen molar-refractivity contribution in [2.45, 2.75) is 12.7 Å². The fourth-order valence-electron chi connectivity index (χ4n) is 0.895. The van der Waals surface area contributed by atoms with Gasteiger partial charge >= 0.3 is 6.18 Å². The van der Waals surface area contributed by atoms with Crippen LogP contribution in [0.1, 0.15) is 5.01 Å². The zero-order valence-corrected chi connectivity index (χ0v) is 8.99. The first-order valence-corrected chi connectivity index (χ1v) is 5.28. The maximum Gasteiger partial charge on any atom is 0.401 e. The van der Waals surface area contributed by atoms with Crippen LogP contribution in [0.25, 0.3) is 0 Å². The van der Waals surface area contributed by atoms with Gasteiger partial charge in [0.2, 0.25) is 5.91 Å². The molecule has 0 unspecified atom stereocenters. The summed E-state index contributed by atoms with van der Waals surface area (Å²) in [5.74, 6) is -0.487. The largest absolute Gasteiger partial charge is 0.401 e. The van der Waals surface area contributed by atoms with E-state index in [0.29, 0.717) is 5.01 Å². The first kappa shape index (κ1) is 12.9. The molecule has 0 aliphatic rings. The third kappa shape index (κ3) is 5.66. The summed E-state index contributed by atoms with van der Waals surface area (Å²) in [4.78, 5) is 15.0. The normalized spacial score (nSPS) is 11.4. The Morgan fingerprint density at radius 1 is 1.50 bits per heavy atom. The lowest BCUT2D eigenvalue weighted by Crippen LogP contribution is -2.37. The second-order valence-electron chi connectivity index (χ2n) is 2.92. The molecule has 0 saturated heterocycles. The van der Waals surface area contributed by atoms with Crippen LogP contribution in [-0.2, 0) is 11.3 Å². The molecule has 0 spiro atoms. The summed E-state index contributed by atoms with van der Waals surface area (Å²) in [7, 11) is 0. The molecule has 0 radical (unpaired) electrons. The van der Waals surface area contributed by atoms with E-state index in [1.54, 1.807) is 11.6 Å². The van der Waals surface area contributed by atoms with Gasteiger partial charge in [-0.25, -0.2) is 4.98 Å². The van der Waals surface area contributed by atoms with E-state index in [0.717, 1.165) is 0 Å². The molecule has 1 aromatic heterocycles. The summed E-state index contributed by atoms with van der Waals surface area (Å²) < 4.78 is 35.1. The smallest absolute Gasteiger partial charge is 0.348 e. The number of amides is 1. The standard InChI is InChI=1S/C8H10F3N3OS/c9-8(10,11)5-12-3-6(15)14-4-7-13-1-2-16-7/h1-2,12H,3-5H2,(H,14,15). The molecule has 1 heterocycles. The summed E-state index contributed by atoms with van der Waals surface area (Å²) in [6.07, 6.45) is -2.70. The zero-order chi connectivity index (χ0) is 12.0. The van der Waals surface area contributed by atoms with E-state index < -0.39 is 18.6 Å². The average molecular weight is 253 g/mol. The highest BCUT2D eigenvalue weighted by Crippen LogP contribution is 2.11. The molecule has 1 rings (SSSR count). The van der Waals surface area contributed by atoms with Crippen molar-refractivity contribution in [2.24, 2.45) is 0 Å². The van der Waals surface area contributed by atoms with E-state index in [-0.39, 0.29) is 13.1 Å². The predicted octanol–water partition coefficient (Wildman–Crippen LogP) is 0.911. The predicted molar refractivity (Wildman–Crippen MR) is 52.9 cm³/mol. The van der Waals surface area contributed by atoms with E-state index >= 15 is 0 Å². The molecule has 8 heteroatoms. The molecule has 0 saturated carbocycles. The van der Waals surface area contributed by atoms with Crippen molar-refractivity contribution in [3.63, 3.8) is 0 Å². The van der Waals surface area contributed by atoms with Gasteiger partial charge in [0.15, 0.2) is 0 Å². The van der Waals surface area contributed by atoms with Crippen LogP contribution in [0.15, 0.2) is 11.6 Å². The van der Waals surface area contributed by atoms with E-state index in [2.05, 4.69) is 10.3 Å². The Morgan fingerprint density at radius 2 is 2.25 bits per heavy atom. The van der Waals surface area contributed by atoms with Crippen molar-refractivity contribution in [1.29, 1.82) is 0 Å². The molecule has 0 atom stereocenters. The number of carbonyl (C=O) groups is 1. The Balaban J connectivity index is 2.12. The Labute approximate surface area is 93.9 Å². The van der Waals surface area contributed by atoms with Gasteiger partial charge < -0.3 is 10.6 Å². The number of aromatic nitrogens is 1. The molecule has 1 aromatic rings. The molecule has 0 aliphatic carbocycles. The Bertz CT molecular complexity index is 326. The van der Waals surface area contributed by atoms with Gasteiger partial charge in [-0.05, 0) is 0 Å². The summed E-state index contributed by atoms with van der Waals surface area (Å²) in [6, 6.07) is 0. The quantitative estimate of drug-likeness (QED) is 0.820. The fourth-order valence-corrected chi connectivity index (χ4v) is 1.45. The van der Waals surface area contributed by atoms with Crippen molar-refractivity contribution in [3.05, 3.63) is 16.6 Å². The third-order valence-electron chi connectivity index (χ3n) is 1.53. The third-order valence-corrected chi connectivity index (χ3v) is 2.31. The summed E-state index contributed by atoms with van der Waals surface area (Å²) in [5.41, 5.74) is 0. The first-order valence-electron chi connectivity index (χ1n) is 4.40. The second kappa shape index (κ2) is 5.80. The van der Waals surface area contributed by atoms with Crippen molar-refractivity contribution < 1.29 is 18.0 Å². The zero-order valence-electron chi connectivity index (χ0n) is 8.17. The van der Waals surface area contributed by atoms with Gasteiger partial charge in [0, 0.05) is 11.6 Å².